The molecule has 7 nitrogen and oxygen atoms in total. The number of aromatic nitrogens is 2. The molecule has 1 unspecified atom stereocenters. The van der Waals surface area contributed by atoms with Gasteiger partial charge in [0.05, 0.1) is 5.52 Å². The Bertz CT molecular complexity index is 1010. The van der Waals surface area contributed by atoms with Crippen LogP contribution in [0.15, 0.2) is 54.7 Å². The number of carbonyl (C=O) groups is 2. The summed E-state index contributed by atoms with van der Waals surface area (Å²) in [5, 5.41) is 5.42. The topological polar surface area (TPSA) is 84.5 Å². The van der Waals surface area contributed by atoms with Crippen LogP contribution in [0, 0.1) is 0 Å². The average molecular weight is 377 g/mol. The van der Waals surface area contributed by atoms with Crippen LogP contribution in [0.25, 0.3) is 10.9 Å². The van der Waals surface area contributed by atoms with E-state index in [2.05, 4.69) is 5.10 Å². The molecule has 144 valence electrons. The maximum Gasteiger partial charge on any atom is 0.253 e. The van der Waals surface area contributed by atoms with E-state index in [0.717, 1.165) is 10.9 Å². The highest BCUT2D eigenvalue weighted by Crippen LogP contribution is 2.20. The van der Waals surface area contributed by atoms with Crippen LogP contribution < -0.4 is 5.73 Å². The molecule has 0 radical (unpaired) electrons. The van der Waals surface area contributed by atoms with Crippen molar-refractivity contribution in [2.45, 2.75) is 13.0 Å². The third-order valence-electron chi connectivity index (χ3n) is 5.20. The van der Waals surface area contributed by atoms with E-state index in [4.69, 9.17) is 5.73 Å². The van der Waals surface area contributed by atoms with E-state index in [1.54, 1.807) is 20.5 Å². The Labute approximate surface area is 163 Å². The Morgan fingerprint density at radius 3 is 2.39 bits per heavy atom. The summed E-state index contributed by atoms with van der Waals surface area (Å²) in [5.41, 5.74) is 7.98. The quantitative estimate of drug-likeness (QED) is 0.709. The van der Waals surface area contributed by atoms with Gasteiger partial charge in [-0.15, -0.1) is 0 Å². The molecule has 2 amide bonds. The molecule has 1 atom stereocenters. The summed E-state index contributed by atoms with van der Waals surface area (Å²) < 4.78 is 1.69. The van der Waals surface area contributed by atoms with Crippen LogP contribution in [0.2, 0.25) is 0 Å². The lowest BCUT2D eigenvalue weighted by Crippen LogP contribution is -2.51. The SMILES string of the molecule is CC(C(=O)N1CCN(C(=O)c2ccccc2)CC1)n1cc2cc(N)ccc2n1. The standard InChI is InChI=1S/C21H23N5O2/c1-15(26-14-17-13-18(22)7-8-19(17)23-26)20(27)24-9-11-25(12-10-24)21(28)16-5-3-2-4-6-16/h2-8,13-15H,9-12,22H2,1H3. The van der Waals surface area contributed by atoms with Gasteiger partial charge in [-0.05, 0) is 37.3 Å². The summed E-state index contributed by atoms with van der Waals surface area (Å²) in [6, 6.07) is 14.3. The number of nitrogens with zero attached hydrogens (tertiary/aromatic N) is 4. The lowest BCUT2D eigenvalue weighted by molar-refractivity contribution is -0.136. The second-order valence-corrected chi connectivity index (χ2v) is 7.09. The van der Waals surface area contributed by atoms with Crippen LogP contribution in [-0.4, -0.2) is 57.6 Å². The summed E-state index contributed by atoms with van der Waals surface area (Å²) in [4.78, 5) is 29.1. The molecule has 1 aliphatic heterocycles. The summed E-state index contributed by atoms with van der Waals surface area (Å²) >= 11 is 0. The second-order valence-electron chi connectivity index (χ2n) is 7.09. The molecule has 0 saturated carbocycles. The Balaban J connectivity index is 1.41. The molecular weight excluding hydrogens is 354 g/mol. The molecule has 1 aliphatic rings. The molecule has 4 rings (SSSR count). The number of benzene rings is 2. The van der Waals surface area contributed by atoms with E-state index in [9.17, 15) is 9.59 Å². The van der Waals surface area contributed by atoms with Gasteiger partial charge in [0.15, 0.2) is 0 Å². The van der Waals surface area contributed by atoms with Crippen molar-refractivity contribution in [3.05, 3.63) is 60.3 Å². The van der Waals surface area contributed by atoms with Crippen LogP contribution in [0.4, 0.5) is 5.69 Å². The Hall–Kier alpha value is -3.35. The van der Waals surface area contributed by atoms with Crippen LogP contribution in [0.5, 0.6) is 0 Å². The third kappa shape index (κ3) is 3.43. The first-order valence-electron chi connectivity index (χ1n) is 9.40. The van der Waals surface area contributed by atoms with Crippen molar-refractivity contribution in [3.8, 4) is 0 Å². The van der Waals surface area contributed by atoms with Gasteiger partial charge in [-0.2, -0.15) is 5.10 Å². The van der Waals surface area contributed by atoms with Crippen molar-refractivity contribution < 1.29 is 9.59 Å². The Kier molecular flexibility index (Phi) is 4.73. The third-order valence-corrected chi connectivity index (χ3v) is 5.20. The van der Waals surface area contributed by atoms with Crippen LogP contribution in [-0.2, 0) is 4.79 Å². The number of fused-ring (bicyclic) bond motifs is 1. The van der Waals surface area contributed by atoms with Gasteiger partial charge in [0.2, 0.25) is 5.91 Å². The Morgan fingerprint density at radius 2 is 1.68 bits per heavy atom. The summed E-state index contributed by atoms with van der Waals surface area (Å²) in [7, 11) is 0. The molecule has 0 bridgehead atoms. The van der Waals surface area contributed by atoms with Crippen molar-refractivity contribution in [1.82, 2.24) is 19.6 Å². The first-order chi connectivity index (χ1) is 13.5. The minimum Gasteiger partial charge on any atom is -0.399 e. The number of anilines is 1. The van der Waals surface area contributed by atoms with Gasteiger partial charge in [0.25, 0.3) is 5.91 Å². The van der Waals surface area contributed by atoms with Crippen molar-refractivity contribution >= 4 is 28.4 Å². The van der Waals surface area contributed by atoms with Crippen LogP contribution >= 0.6 is 0 Å². The number of carbonyl (C=O) groups excluding carboxylic acids is 2. The zero-order valence-corrected chi connectivity index (χ0v) is 15.8. The summed E-state index contributed by atoms with van der Waals surface area (Å²) in [6.07, 6.45) is 1.85. The first-order valence-corrected chi connectivity index (χ1v) is 9.40. The highest BCUT2D eigenvalue weighted by Gasteiger charge is 2.28. The van der Waals surface area contributed by atoms with Gasteiger partial charge in [0, 0.05) is 49.0 Å². The largest absolute Gasteiger partial charge is 0.399 e. The minimum atomic E-state index is -0.412. The van der Waals surface area contributed by atoms with Gasteiger partial charge < -0.3 is 15.5 Å². The monoisotopic (exact) mass is 377 g/mol. The van der Waals surface area contributed by atoms with Crippen molar-refractivity contribution in [2.75, 3.05) is 31.9 Å². The molecule has 2 heterocycles. The zero-order valence-electron chi connectivity index (χ0n) is 15.8. The van der Waals surface area contributed by atoms with Crippen molar-refractivity contribution in [1.29, 1.82) is 0 Å². The lowest BCUT2D eigenvalue weighted by Gasteiger charge is -2.36. The zero-order chi connectivity index (χ0) is 19.7. The fraction of sp³-hybridized carbons (Fsp3) is 0.286. The lowest BCUT2D eigenvalue weighted by atomic mass is 10.1. The van der Waals surface area contributed by atoms with Crippen LogP contribution in [0.1, 0.15) is 23.3 Å². The molecule has 7 heteroatoms. The molecule has 3 aromatic rings. The van der Waals surface area contributed by atoms with Gasteiger partial charge >= 0.3 is 0 Å². The van der Waals surface area contributed by atoms with Gasteiger partial charge in [-0.25, -0.2) is 0 Å². The first kappa shape index (κ1) is 18.0. The van der Waals surface area contributed by atoms with E-state index < -0.39 is 6.04 Å². The molecule has 1 saturated heterocycles. The molecule has 0 spiro atoms. The number of piperazine rings is 1. The fourth-order valence-electron chi connectivity index (χ4n) is 3.53. The summed E-state index contributed by atoms with van der Waals surface area (Å²) in [5.74, 6) is 0.0178. The molecule has 2 N–H and O–H groups in total. The summed E-state index contributed by atoms with van der Waals surface area (Å²) in [6.45, 7) is 3.96. The number of hydrogen-bond acceptors (Lipinski definition) is 4. The minimum absolute atomic E-state index is 0.00703. The number of hydrogen-bond donors (Lipinski definition) is 1. The second kappa shape index (κ2) is 7.34. The van der Waals surface area contributed by atoms with Crippen LogP contribution in [0.3, 0.4) is 0 Å². The maximum atomic E-state index is 12.9. The highest BCUT2D eigenvalue weighted by atomic mass is 16.2. The predicted octanol–water partition coefficient (Wildman–Crippen LogP) is 2.16. The molecule has 28 heavy (non-hydrogen) atoms. The van der Waals surface area contributed by atoms with Gasteiger partial charge in [-0.3, -0.25) is 14.3 Å². The predicted molar refractivity (Wildman–Crippen MR) is 108 cm³/mol. The average Bonchev–Trinajstić information content (AvgIpc) is 3.16. The molecular formula is C21H23N5O2. The van der Waals surface area contributed by atoms with Crippen molar-refractivity contribution in [2.24, 2.45) is 0 Å². The van der Waals surface area contributed by atoms with Gasteiger partial charge in [-0.1, -0.05) is 18.2 Å². The van der Waals surface area contributed by atoms with Crippen molar-refractivity contribution in [3.63, 3.8) is 0 Å². The highest BCUT2D eigenvalue weighted by molar-refractivity contribution is 5.94. The molecule has 1 aromatic heterocycles. The fourth-order valence-corrected chi connectivity index (χ4v) is 3.53. The number of amides is 2. The van der Waals surface area contributed by atoms with Gasteiger partial charge in [0.1, 0.15) is 6.04 Å². The molecule has 1 fully saturated rings. The van der Waals surface area contributed by atoms with E-state index in [1.807, 2.05) is 55.6 Å². The normalized spacial score (nSPS) is 15.6. The number of nitrogen functional groups attached to an aromatic ring is 1. The smallest absolute Gasteiger partial charge is 0.253 e. The Morgan fingerprint density at radius 1 is 1.00 bits per heavy atom. The van der Waals surface area contributed by atoms with E-state index in [1.165, 1.54) is 0 Å². The number of rotatable bonds is 3. The molecule has 0 aliphatic carbocycles. The van der Waals surface area contributed by atoms with E-state index in [-0.39, 0.29) is 11.8 Å². The maximum absolute atomic E-state index is 12.9. The molecule has 2 aromatic carbocycles. The van der Waals surface area contributed by atoms with E-state index >= 15 is 0 Å². The number of nitrogens with two attached hydrogens (primary N) is 1. The van der Waals surface area contributed by atoms with E-state index in [0.29, 0.717) is 37.4 Å².